The van der Waals surface area contributed by atoms with E-state index in [-0.39, 0.29) is 18.4 Å². The Kier molecular flexibility index (Phi) is 5.75. The molecule has 0 aromatic carbocycles. The van der Waals surface area contributed by atoms with Crippen molar-refractivity contribution in [3.8, 4) is 0 Å². The average Bonchev–Trinajstić information content (AvgIpc) is 2.70. The highest BCUT2D eigenvalue weighted by Gasteiger charge is 2.30. The average molecular weight is 297 g/mol. The monoisotopic (exact) mass is 297 g/mol. The minimum Gasteiger partial charge on any atom is -0.444 e. The van der Waals surface area contributed by atoms with Gasteiger partial charge in [0.2, 0.25) is 5.91 Å². The molecule has 0 N–H and O–H groups in total. The lowest BCUT2D eigenvalue weighted by Gasteiger charge is -2.24. The van der Waals surface area contributed by atoms with E-state index in [1.807, 2.05) is 34.6 Å². The van der Waals surface area contributed by atoms with Crippen LogP contribution in [0.4, 0.5) is 4.79 Å². The number of ether oxygens (including phenoxy) is 1. The zero-order valence-electron chi connectivity index (χ0n) is 14.0. The van der Waals surface area contributed by atoms with Gasteiger partial charge in [-0.1, -0.05) is 13.8 Å². The van der Waals surface area contributed by atoms with E-state index in [9.17, 15) is 9.59 Å². The summed E-state index contributed by atoms with van der Waals surface area (Å²) in [5, 5.41) is 5.95. The lowest BCUT2D eigenvalue weighted by molar-refractivity contribution is -0.131. The first-order chi connectivity index (χ1) is 9.67. The van der Waals surface area contributed by atoms with Crippen molar-refractivity contribution in [3.05, 3.63) is 0 Å². The number of amides is 2. The van der Waals surface area contributed by atoms with Gasteiger partial charge in [-0.15, -0.1) is 0 Å². The summed E-state index contributed by atoms with van der Waals surface area (Å²) < 4.78 is 5.29. The summed E-state index contributed by atoms with van der Waals surface area (Å²) in [6.07, 6.45) is 1.63. The Balaban J connectivity index is 2.65. The molecule has 1 heterocycles. The van der Waals surface area contributed by atoms with E-state index >= 15 is 0 Å². The van der Waals surface area contributed by atoms with Crippen molar-refractivity contribution in [2.75, 3.05) is 13.6 Å². The van der Waals surface area contributed by atoms with Crippen LogP contribution in [0.1, 0.15) is 53.9 Å². The Morgan fingerprint density at radius 1 is 1.38 bits per heavy atom. The molecule has 120 valence electrons. The maximum atomic E-state index is 12.0. The lowest BCUT2D eigenvalue weighted by Crippen LogP contribution is -2.37. The molecule has 0 atom stereocenters. The second kappa shape index (κ2) is 6.91. The molecule has 0 radical (unpaired) electrons. The molecular weight excluding hydrogens is 270 g/mol. The largest absolute Gasteiger partial charge is 0.444 e. The van der Waals surface area contributed by atoms with Gasteiger partial charge in [0, 0.05) is 7.05 Å². The molecule has 1 rings (SSSR count). The van der Waals surface area contributed by atoms with Gasteiger partial charge in [-0.25, -0.2) is 9.80 Å². The third-order valence-electron chi connectivity index (χ3n) is 3.27. The summed E-state index contributed by atoms with van der Waals surface area (Å²) in [5.41, 5.74) is 0.181. The Hall–Kier alpha value is -1.59. The van der Waals surface area contributed by atoms with Crippen LogP contribution in [0, 0.1) is 0 Å². The van der Waals surface area contributed by atoms with Crippen LogP contribution in [0.3, 0.4) is 0 Å². The molecule has 21 heavy (non-hydrogen) atoms. The standard InChI is InChI=1S/C15H27N3O3/c1-7-12(8-2)18-13(19)9-11(16-18)10-17(6)14(20)21-15(3,4)5/h12H,7-10H2,1-6H3. The smallest absolute Gasteiger partial charge is 0.410 e. The number of rotatable bonds is 5. The first-order valence-electron chi connectivity index (χ1n) is 7.50. The molecule has 0 aromatic rings. The van der Waals surface area contributed by atoms with E-state index in [1.54, 1.807) is 12.1 Å². The Bertz CT molecular complexity index is 422. The van der Waals surface area contributed by atoms with Crippen LogP contribution >= 0.6 is 0 Å². The number of hydrogen-bond donors (Lipinski definition) is 0. The van der Waals surface area contributed by atoms with E-state index in [0.717, 1.165) is 12.8 Å². The zero-order valence-corrected chi connectivity index (χ0v) is 14.0. The molecule has 1 aliphatic rings. The first kappa shape index (κ1) is 17.5. The molecule has 2 amide bonds. The summed E-state index contributed by atoms with van der Waals surface area (Å²) in [4.78, 5) is 25.4. The number of carbonyl (C=O) groups excluding carboxylic acids is 2. The highest BCUT2D eigenvalue weighted by molar-refractivity contribution is 6.06. The van der Waals surface area contributed by atoms with E-state index in [4.69, 9.17) is 4.74 Å². The molecule has 0 saturated heterocycles. The molecule has 0 aromatic heterocycles. The Morgan fingerprint density at radius 3 is 2.43 bits per heavy atom. The van der Waals surface area contributed by atoms with Crippen LogP contribution < -0.4 is 0 Å². The number of carbonyl (C=O) groups is 2. The Morgan fingerprint density at radius 2 is 1.95 bits per heavy atom. The number of hydrazone groups is 1. The van der Waals surface area contributed by atoms with Crippen LogP contribution in [0.25, 0.3) is 0 Å². The van der Waals surface area contributed by atoms with Crippen molar-refractivity contribution in [1.29, 1.82) is 0 Å². The maximum absolute atomic E-state index is 12.0. The minimum absolute atomic E-state index is 0.0105. The fourth-order valence-corrected chi connectivity index (χ4v) is 2.18. The van der Waals surface area contributed by atoms with Gasteiger partial charge in [-0.3, -0.25) is 4.79 Å². The van der Waals surface area contributed by atoms with Crippen molar-refractivity contribution >= 4 is 17.7 Å². The predicted octanol–water partition coefficient (Wildman–Crippen LogP) is 2.63. The number of hydrogen-bond acceptors (Lipinski definition) is 4. The normalized spacial score (nSPS) is 15.5. The molecular formula is C15H27N3O3. The summed E-state index contributed by atoms with van der Waals surface area (Å²) in [6.45, 7) is 9.87. The molecule has 0 aliphatic carbocycles. The molecule has 6 nitrogen and oxygen atoms in total. The number of nitrogens with zero attached hydrogens (tertiary/aromatic N) is 3. The zero-order chi connectivity index (χ0) is 16.2. The van der Waals surface area contributed by atoms with Crippen molar-refractivity contribution in [1.82, 2.24) is 9.91 Å². The van der Waals surface area contributed by atoms with Gasteiger partial charge in [-0.05, 0) is 33.6 Å². The molecule has 0 spiro atoms. The molecule has 0 bridgehead atoms. The van der Waals surface area contributed by atoms with Crippen molar-refractivity contribution in [2.24, 2.45) is 5.10 Å². The molecule has 0 fully saturated rings. The van der Waals surface area contributed by atoms with E-state index in [2.05, 4.69) is 5.10 Å². The van der Waals surface area contributed by atoms with Crippen molar-refractivity contribution < 1.29 is 14.3 Å². The molecule has 0 unspecified atom stereocenters. The fourth-order valence-electron chi connectivity index (χ4n) is 2.18. The SMILES string of the molecule is CCC(CC)N1N=C(CN(C)C(=O)OC(C)(C)C)CC1=O. The minimum atomic E-state index is -0.528. The van der Waals surface area contributed by atoms with Crippen LogP contribution in [-0.4, -0.2) is 52.9 Å². The molecule has 0 saturated carbocycles. The summed E-state index contributed by atoms with van der Waals surface area (Å²) >= 11 is 0. The third kappa shape index (κ3) is 5.02. The van der Waals surface area contributed by atoms with Crippen LogP contribution in [0.15, 0.2) is 5.10 Å². The van der Waals surface area contributed by atoms with Gasteiger partial charge in [-0.2, -0.15) is 5.10 Å². The van der Waals surface area contributed by atoms with Gasteiger partial charge in [0.15, 0.2) is 0 Å². The summed E-state index contributed by atoms with van der Waals surface area (Å²) in [6, 6.07) is 0.141. The summed E-state index contributed by atoms with van der Waals surface area (Å²) in [7, 11) is 1.65. The second-order valence-electron chi connectivity index (χ2n) is 6.39. The van der Waals surface area contributed by atoms with Crippen LogP contribution in [0.2, 0.25) is 0 Å². The molecule has 1 aliphatic heterocycles. The second-order valence-corrected chi connectivity index (χ2v) is 6.39. The van der Waals surface area contributed by atoms with Gasteiger partial charge in [0.25, 0.3) is 0 Å². The lowest BCUT2D eigenvalue weighted by atomic mass is 10.1. The van der Waals surface area contributed by atoms with Crippen LogP contribution in [0.5, 0.6) is 0 Å². The Labute approximate surface area is 127 Å². The topological polar surface area (TPSA) is 62.2 Å². The highest BCUT2D eigenvalue weighted by atomic mass is 16.6. The van der Waals surface area contributed by atoms with E-state index < -0.39 is 11.7 Å². The quantitative estimate of drug-likeness (QED) is 0.783. The highest BCUT2D eigenvalue weighted by Crippen LogP contribution is 2.18. The van der Waals surface area contributed by atoms with Gasteiger partial charge in [0.1, 0.15) is 5.60 Å². The van der Waals surface area contributed by atoms with Crippen molar-refractivity contribution in [3.63, 3.8) is 0 Å². The van der Waals surface area contributed by atoms with Gasteiger partial charge in [0.05, 0.1) is 24.7 Å². The fraction of sp³-hybridized carbons (Fsp3) is 0.800. The third-order valence-corrected chi connectivity index (χ3v) is 3.27. The van der Waals surface area contributed by atoms with Gasteiger partial charge >= 0.3 is 6.09 Å². The predicted molar refractivity (Wildman–Crippen MR) is 82.1 cm³/mol. The van der Waals surface area contributed by atoms with Crippen LogP contribution in [-0.2, 0) is 9.53 Å². The maximum Gasteiger partial charge on any atom is 0.410 e. The van der Waals surface area contributed by atoms with E-state index in [0.29, 0.717) is 12.3 Å². The van der Waals surface area contributed by atoms with E-state index in [1.165, 1.54) is 4.90 Å². The van der Waals surface area contributed by atoms with Crippen molar-refractivity contribution in [2.45, 2.75) is 65.5 Å². The van der Waals surface area contributed by atoms with Gasteiger partial charge < -0.3 is 9.64 Å². The molecule has 6 heteroatoms. The summed E-state index contributed by atoms with van der Waals surface area (Å²) in [5.74, 6) is 0.0105. The first-order valence-corrected chi connectivity index (χ1v) is 7.50.